The van der Waals surface area contributed by atoms with Gasteiger partial charge in [-0.1, -0.05) is 6.07 Å². The summed E-state index contributed by atoms with van der Waals surface area (Å²) in [4.78, 5) is 24.6. The van der Waals surface area contributed by atoms with Gasteiger partial charge in [0.15, 0.2) is 5.82 Å². The molecule has 0 aliphatic carbocycles. The van der Waals surface area contributed by atoms with Crippen LogP contribution in [0.4, 0.5) is 11.6 Å². The molecule has 4 aromatic rings. The molecule has 1 aliphatic heterocycles. The van der Waals surface area contributed by atoms with Gasteiger partial charge in [0.2, 0.25) is 5.91 Å². The van der Waals surface area contributed by atoms with Crippen molar-refractivity contribution in [1.82, 2.24) is 29.6 Å². The molecule has 0 spiro atoms. The number of rotatable bonds is 5. The number of carbonyl (C=O) groups is 1. The number of fused-ring (bicyclic) bond motifs is 1. The van der Waals surface area contributed by atoms with Gasteiger partial charge in [-0.2, -0.15) is 5.10 Å². The van der Waals surface area contributed by atoms with Crippen molar-refractivity contribution in [2.45, 2.75) is 53.0 Å². The van der Waals surface area contributed by atoms with E-state index in [2.05, 4.69) is 52.5 Å². The Hall–Kier alpha value is -3.68. The number of pyridine rings is 1. The Labute approximate surface area is 199 Å². The molecule has 34 heavy (non-hydrogen) atoms. The smallest absolute Gasteiger partial charge is 0.242 e. The maximum atomic E-state index is 13.2. The topological polar surface area (TPSA) is 91.7 Å². The largest absolute Gasteiger partial charge is 0.341 e. The molecular formula is C26H31N7O. The first-order valence-corrected chi connectivity index (χ1v) is 11.9. The van der Waals surface area contributed by atoms with Crippen LogP contribution in [0.2, 0.25) is 0 Å². The third-order valence-electron chi connectivity index (χ3n) is 6.85. The van der Waals surface area contributed by atoms with Crippen LogP contribution >= 0.6 is 0 Å². The zero-order valence-electron chi connectivity index (χ0n) is 20.2. The van der Waals surface area contributed by atoms with Crippen molar-refractivity contribution in [3.63, 3.8) is 0 Å². The maximum Gasteiger partial charge on any atom is 0.242 e. The predicted molar refractivity (Wildman–Crippen MR) is 133 cm³/mol. The number of hydrogen-bond donors (Lipinski definition) is 2. The van der Waals surface area contributed by atoms with Crippen LogP contribution in [0, 0.1) is 27.7 Å². The number of aromatic nitrogens is 5. The van der Waals surface area contributed by atoms with E-state index in [-0.39, 0.29) is 5.91 Å². The predicted octanol–water partition coefficient (Wildman–Crippen LogP) is 4.54. The van der Waals surface area contributed by atoms with Gasteiger partial charge in [-0.25, -0.2) is 9.97 Å². The van der Waals surface area contributed by atoms with Crippen LogP contribution in [0.3, 0.4) is 0 Å². The molecule has 8 heteroatoms. The second-order valence-corrected chi connectivity index (χ2v) is 9.33. The van der Waals surface area contributed by atoms with Crippen LogP contribution < -0.4 is 5.32 Å². The Bertz CT molecular complexity index is 1340. The van der Waals surface area contributed by atoms with Crippen LogP contribution in [0.1, 0.15) is 47.1 Å². The average Bonchev–Trinajstić information content (AvgIpc) is 3.36. The van der Waals surface area contributed by atoms with Crippen LogP contribution in [-0.2, 0) is 11.3 Å². The Morgan fingerprint density at radius 3 is 2.53 bits per heavy atom. The second kappa shape index (κ2) is 8.93. The first-order valence-electron chi connectivity index (χ1n) is 11.9. The summed E-state index contributed by atoms with van der Waals surface area (Å²) in [5.74, 6) is 2.92. The van der Waals surface area contributed by atoms with Crippen molar-refractivity contribution in [2.24, 2.45) is 0 Å². The molecule has 1 saturated heterocycles. The molecule has 1 fully saturated rings. The Morgan fingerprint density at radius 2 is 1.79 bits per heavy atom. The molecule has 8 nitrogen and oxygen atoms in total. The highest BCUT2D eigenvalue weighted by Gasteiger charge is 2.25. The summed E-state index contributed by atoms with van der Waals surface area (Å²) < 4.78 is 2.05. The molecule has 1 aromatic carbocycles. The van der Waals surface area contributed by atoms with E-state index in [4.69, 9.17) is 4.98 Å². The molecule has 4 heterocycles. The normalized spacial score (nSPS) is 14.6. The summed E-state index contributed by atoms with van der Waals surface area (Å²) in [6.07, 6.45) is 1.82. The third kappa shape index (κ3) is 4.40. The van der Waals surface area contributed by atoms with Crippen LogP contribution in [-0.4, -0.2) is 48.6 Å². The number of hydrogen-bond acceptors (Lipinski definition) is 5. The highest BCUT2D eigenvalue weighted by atomic mass is 16.2. The molecule has 5 rings (SSSR count). The van der Waals surface area contributed by atoms with Crippen molar-refractivity contribution in [2.75, 3.05) is 18.4 Å². The van der Waals surface area contributed by atoms with E-state index >= 15 is 0 Å². The molecule has 2 N–H and O–H groups in total. The Kier molecular flexibility index (Phi) is 5.81. The number of carbonyl (C=O) groups excluding carboxylic acids is 1. The van der Waals surface area contributed by atoms with Crippen molar-refractivity contribution in [3.8, 4) is 0 Å². The fourth-order valence-corrected chi connectivity index (χ4v) is 4.72. The van der Waals surface area contributed by atoms with Crippen LogP contribution in [0.15, 0.2) is 36.4 Å². The minimum atomic E-state index is 0.149. The molecule has 0 saturated carbocycles. The lowest BCUT2D eigenvalue weighted by molar-refractivity contribution is -0.132. The highest BCUT2D eigenvalue weighted by Crippen LogP contribution is 2.28. The van der Waals surface area contributed by atoms with E-state index in [1.165, 1.54) is 11.1 Å². The number of nitrogens with zero attached hydrogens (tertiary/aromatic N) is 5. The van der Waals surface area contributed by atoms with Crippen molar-refractivity contribution in [1.29, 1.82) is 0 Å². The zero-order chi connectivity index (χ0) is 23.8. The maximum absolute atomic E-state index is 13.2. The van der Waals surface area contributed by atoms with Crippen molar-refractivity contribution < 1.29 is 4.79 Å². The monoisotopic (exact) mass is 457 g/mol. The van der Waals surface area contributed by atoms with Gasteiger partial charge in [0.05, 0.1) is 11.0 Å². The molecular weight excluding hydrogens is 426 g/mol. The van der Waals surface area contributed by atoms with E-state index < -0.39 is 0 Å². The number of imidazole rings is 1. The number of amides is 1. The molecule has 0 unspecified atom stereocenters. The van der Waals surface area contributed by atoms with Gasteiger partial charge < -0.3 is 14.8 Å². The van der Waals surface area contributed by atoms with Gasteiger partial charge in [-0.3, -0.25) is 9.89 Å². The number of aromatic amines is 1. The number of benzene rings is 1. The van der Waals surface area contributed by atoms with E-state index in [1.54, 1.807) is 0 Å². The molecule has 1 aliphatic rings. The number of piperidine rings is 1. The molecule has 3 aromatic heterocycles. The van der Waals surface area contributed by atoms with Crippen molar-refractivity contribution in [3.05, 3.63) is 64.7 Å². The second-order valence-electron chi connectivity index (χ2n) is 9.33. The fourth-order valence-electron chi connectivity index (χ4n) is 4.72. The van der Waals surface area contributed by atoms with Gasteiger partial charge >= 0.3 is 0 Å². The molecule has 0 radical (unpaired) electrons. The minimum absolute atomic E-state index is 0.149. The first kappa shape index (κ1) is 22.1. The van der Waals surface area contributed by atoms with E-state index in [1.807, 2.05) is 41.5 Å². The number of H-pyrrole nitrogens is 1. The van der Waals surface area contributed by atoms with Gasteiger partial charge in [0, 0.05) is 36.5 Å². The van der Waals surface area contributed by atoms with E-state index in [9.17, 15) is 4.79 Å². The van der Waals surface area contributed by atoms with E-state index in [0.29, 0.717) is 12.5 Å². The lowest BCUT2D eigenvalue weighted by Gasteiger charge is -2.32. The zero-order valence-corrected chi connectivity index (χ0v) is 20.2. The molecule has 0 atom stereocenters. The van der Waals surface area contributed by atoms with Crippen LogP contribution in [0.5, 0.6) is 0 Å². The summed E-state index contributed by atoms with van der Waals surface area (Å²) in [6.45, 7) is 9.95. The Morgan fingerprint density at radius 1 is 1.03 bits per heavy atom. The van der Waals surface area contributed by atoms with E-state index in [0.717, 1.165) is 65.8 Å². The summed E-state index contributed by atoms with van der Waals surface area (Å²) in [6, 6.07) is 12.3. The summed E-state index contributed by atoms with van der Waals surface area (Å²) >= 11 is 0. The first-order chi connectivity index (χ1) is 16.4. The summed E-state index contributed by atoms with van der Waals surface area (Å²) in [5, 5.41) is 10.4. The van der Waals surface area contributed by atoms with Gasteiger partial charge in [0.25, 0.3) is 0 Å². The van der Waals surface area contributed by atoms with Gasteiger partial charge in [-0.05, 0) is 75.9 Å². The summed E-state index contributed by atoms with van der Waals surface area (Å²) in [7, 11) is 0. The number of aryl methyl sites for hydroxylation is 4. The third-order valence-corrected chi connectivity index (χ3v) is 6.85. The molecule has 176 valence electrons. The van der Waals surface area contributed by atoms with Crippen LogP contribution in [0.25, 0.3) is 11.0 Å². The standard InChI is InChI=1S/C26H31N7O/c1-16-12-22-23(13-17(16)2)33(19(4)27-22)15-26(34)32-10-8-20(9-11-32)21-6-5-7-24(28-21)29-25-14-18(3)30-31-25/h5-7,12-14,20H,8-11,15H2,1-4H3,(H2,28,29,30,31). The lowest BCUT2D eigenvalue weighted by Crippen LogP contribution is -2.40. The number of anilines is 2. The fraction of sp³-hybridized carbons (Fsp3) is 0.385. The number of nitrogens with one attached hydrogen (secondary N) is 2. The number of likely N-dealkylation sites (tertiary alicyclic amines) is 1. The SMILES string of the molecule is Cc1cc(Nc2cccc(C3CCN(C(=O)Cn4c(C)nc5cc(C)c(C)cc54)CC3)n2)n[nH]1. The molecule has 1 amide bonds. The quantitative estimate of drug-likeness (QED) is 0.459. The average molecular weight is 458 g/mol. The van der Waals surface area contributed by atoms with Gasteiger partial charge in [0.1, 0.15) is 18.2 Å². The van der Waals surface area contributed by atoms with Crippen molar-refractivity contribution >= 4 is 28.6 Å². The van der Waals surface area contributed by atoms with Gasteiger partial charge in [-0.15, -0.1) is 0 Å². The lowest BCUT2D eigenvalue weighted by atomic mass is 9.93. The molecule has 0 bridgehead atoms. The highest BCUT2D eigenvalue weighted by molar-refractivity contribution is 5.82. The minimum Gasteiger partial charge on any atom is -0.341 e. The Balaban J connectivity index is 1.23. The summed E-state index contributed by atoms with van der Waals surface area (Å²) in [5.41, 5.74) is 6.49.